The number of nitrogens with one attached hydrogen (secondary N) is 2. The van der Waals surface area contributed by atoms with Gasteiger partial charge in [-0.25, -0.2) is 10.9 Å². The fourth-order valence-corrected chi connectivity index (χ4v) is 6.69. The molecule has 4 aliphatic rings. The van der Waals surface area contributed by atoms with E-state index in [1.54, 1.807) is 0 Å². The van der Waals surface area contributed by atoms with Gasteiger partial charge in [-0.1, -0.05) is 67.1 Å². The quantitative estimate of drug-likeness (QED) is 0.859. The van der Waals surface area contributed by atoms with Gasteiger partial charge in [0, 0.05) is 0 Å². The van der Waals surface area contributed by atoms with Crippen molar-refractivity contribution in [3.8, 4) is 0 Å². The van der Waals surface area contributed by atoms with Gasteiger partial charge in [-0.15, -0.1) is 0 Å². The molecule has 2 bridgehead atoms. The lowest BCUT2D eigenvalue weighted by Crippen LogP contribution is -2.63. The van der Waals surface area contributed by atoms with E-state index in [9.17, 15) is 0 Å². The highest BCUT2D eigenvalue weighted by atomic mass is 16.7. The Labute approximate surface area is 160 Å². The predicted molar refractivity (Wildman–Crippen MR) is 103 cm³/mol. The molecule has 0 aromatic heterocycles. The molecule has 1 spiro atoms. The zero-order valence-electron chi connectivity index (χ0n) is 15.5. The summed E-state index contributed by atoms with van der Waals surface area (Å²) in [6, 6.07) is 21.6. The third kappa shape index (κ3) is 1.74. The fraction of sp³-hybridized carbons (Fsp3) is 0.478. The highest BCUT2D eigenvalue weighted by Gasteiger charge is 2.84. The van der Waals surface area contributed by atoms with Gasteiger partial charge in [0.15, 0.2) is 0 Å². The lowest BCUT2D eigenvalue weighted by Gasteiger charge is -2.49. The zero-order valence-corrected chi connectivity index (χ0v) is 15.5. The van der Waals surface area contributed by atoms with Crippen molar-refractivity contribution in [2.45, 2.75) is 42.5 Å². The van der Waals surface area contributed by atoms with Crippen molar-refractivity contribution in [2.24, 2.45) is 11.8 Å². The van der Waals surface area contributed by atoms with Gasteiger partial charge in [0.2, 0.25) is 5.79 Å². The van der Waals surface area contributed by atoms with Gasteiger partial charge in [-0.3, -0.25) is 0 Å². The number of ether oxygens (including phenoxy) is 2. The van der Waals surface area contributed by atoms with Crippen LogP contribution in [-0.4, -0.2) is 19.0 Å². The van der Waals surface area contributed by atoms with Crippen LogP contribution in [0.3, 0.4) is 0 Å². The Balaban J connectivity index is 1.65. The average molecular weight is 362 g/mol. The standard InChI is InChI=1S/C23H26N2O2/c1-3-9-17(10-4-1)21-19-13-7-14-20(19)22(25-24-21,18-11-5-2-6-12-18)23(21)26-15-8-16-27-23/h1-6,9-12,19-20,24-25H,7-8,13-16H2. The maximum atomic E-state index is 6.72. The molecule has 140 valence electrons. The summed E-state index contributed by atoms with van der Waals surface area (Å²) in [5, 5.41) is 0. The third-order valence-corrected chi connectivity index (χ3v) is 7.48. The second-order valence-corrected chi connectivity index (χ2v) is 8.41. The Morgan fingerprint density at radius 1 is 0.667 bits per heavy atom. The van der Waals surface area contributed by atoms with Crippen LogP contribution in [0.4, 0.5) is 0 Å². The van der Waals surface area contributed by atoms with E-state index in [0.29, 0.717) is 11.8 Å². The molecule has 2 aliphatic carbocycles. The van der Waals surface area contributed by atoms with Crippen molar-refractivity contribution >= 4 is 0 Å². The van der Waals surface area contributed by atoms with Gasteiger partial charge in [0.05, 0.1) is 13.2 Å². The van der Waals surface area contributed by atoms with E-state index < -0.39 is 5.79 Å². The maximum Gasteiger partial charge on any atom is 0.217 e. The molecule has 4 fully saturated rings. The summed E-state index contributed by atoms with van der Waals surface area (Å²) in [7, 11) is 0. The molecule has 4 nitrogen and oxygen atoms in total. The van der Waals surface area contributed by atoms with Crippen molar-refractivity contribution in [3.05, 3.63) is 71.8 Å². The predicted octanol–water partition coefficient (Wildman–Crippen LogP) is 3.45. The topological polar surface area (TPSA) is 42.5 Å². The highest BCUT2D eigenvalue weighted by molar-refractivity contribution is 5.46. The van der Waals surface area contributed by atoms with E-state index in [4.69, 9.17) is 9.47 Å². The SMILES string of the molecule is c1ccc(C23NNC(c4ccccc4)(C4CCCC42)C32OCCCO2)cc1. The molecule has 2 aromatic carbocycles. The van der Waals surface area contributed by atoms with Crippen molar-refractivity contribution in [1.82, 2.24) is 10.9 Å². The summed E-state index contributed by atoms with van der Waals surface area (Å²) in [6.45, 7) is 1.48. The molecular weight excluding hydrogens is 336 g/mol. The third-order valence-electron chi connectivity index (χ3n) is 7.48. The van der Waals surface area contributed by atoms with E-state index >= 15 is 0 Å². The summed E-state index contributed by atoms with van der Waals surface area (Å²) in [6.07, 6.45) is 4.62. The molecule has 2 saturated heterocycles. The van der Waals surface area contributed by atoms with Crippen molar-refractivity contribution < 1.29 is 9.47 Å². The van der Waals surface area contributed by atoms with Gasteiger partial charge >= 0.3 is 0 Å². The smallest absolute Gasteiger partial charge is 0.217 e. The molecule has 0 radical (unpaired) electrons. The van der Waals surface area contributed by atoms with E-state index in [1.165, 1.54) is 30.4 Å². The Kier molecular flexibility index (Phi) is 3.40. The second kappa shape index (κ2) is 5.65. The van der Waals surface area contributed by atoms with Gasteiger partial charge in [0.1, 0.15) is 11.1 Å². The molecule has 6 rings (SSSR count). The van der Waals surface area contributed by atoms with E-state index in [2.05, 4.69) is 71.5 Å². The number of hydrogen-bond acceptors (Lipinski definition) is 4. The van der Waals surface area contributed by atoms with Crippen LogP contribution in [0.25, 0.3) is 0 Å². The Bertz CT molecular complexity index is 772. The first kappa shape index (κ1) is 16.3. The molecule has 27 heavy (non-hydrogen) atoms. The monoisotopic (exact) mass is 362 g/mol. The lowest BCUT2D eigenvalue weighted by molar-refractivity contribution is -0.313. The zero-order chi connectivity index (χ0) is 18.0. The van der Waals surface area contributed by atoms with E-state index in [0.717, 1.165) is 19.6 Å². The summed E-state index contributed by atoms with van der Waals surface area (Å²) in [5.41, 5.74) is 9.32. The number of hydrogen-bond donors (Lipinski definition) is 2. The van der Waals surface area contributed by atoms with Gasteiger partial charge in [-0.05, 0) is 42.2 Å². The first-order valence-electron chi connectivity index (χ1n) is 10.3. The van der Waals surface area contributed by atoms with Crippen LogP contribution in [0.1, 0.15) is 36.8 Å². The summed E-state index contributed by atoms with van der Waals surface area (Å²) >= 11 is 0. The molecule has 2 heterocycles. The number of benzene rings is 2. The molecule has 4 heteroatoms. The minimum Gasteiger partial charge on any atom is -0.346 e. The molecule has 2 aliphatic heterocycles. The largest absolute Gasteiger partial charge is 0.346 e. The number of hydrazine groups is 1. The van der Waals surface area contributed by atoms with Crippen LogP contribution in [0.15, 0.2) is 60.7 Å². The van der Waals surface area contributed by atoms with Crippen LogP contribution in [0.2, 0.25) is 0 Å². The minimum absolute atomic E-state index is 0.369. The number of fused-ring (bicyclic) bond motifs is 3. The number of rotatable bonds is 2. The first-order valence-corrected chi connectivity index (χ1v) is 10.3. The van der Waals surface area contributed by atoms with Crippen LogP contribution in [0, 0.1) is 11.8 Å². The van der Waals surface area contributed by atoms with Crippen LogP contribution in [-0.2, 0) is 20.6 Å². The summed E-state index contributed by atoms with van der Waals surface area (Å²) in [5.74, 6) is 0.246. The molecule has 2 aromatic rings. The Morgan fingerprint density at radius 2 is 1.15 bits per heavy atom. The molecule has 4 unspecified atom stereocenters. The highest BCUT2D eigenvalue weighted by Crippen LogP contribution is 2.71. The average Bonchev–Trinajstić information content (AvgIpc) is 3.38. The van der Waals surface area contributed by atoms with Crippen molar-refractivity contribution in [1.29, 1.82) is 0 Å². The fourth-order valence-electron chi connectivity index (χ4n) is 6.69. The summed E-state index contributed by atoms with van der Waals surface area (Å²) in [4.78, 5) is 0. The van der Waals surface area contributed by atoms with Gasteiger partial charge in [-0.2, -0.15) is 0 Å². The maximum absolute atomic E-state index is 6.72. The molecule has 2 saturated carbocycles. The van der Waals surface area contributed by atoms with Crippen LogP contribution in [0.5, 0.6) is 0 Å². The van der Waals surface area contributed by atoms with Crippen molar-refractivity contribution in [3.63, 3.8) is 0 Å². The van der Waals surface area contributed by atoms with E-state index in [-0.39, 0.29) is 11.1 Å². The molecule has 4 atom stereocenters. The van der Waals surface area contributed by atoms with Gasteiger partial charge in [0.25, 0.3) is 0 Å². The lowest BCUT2D eigenvalue weighted by atomic mass is 9.74. The molecule has 2 N–H and O–H groups in total. The first-order chi connectivity index (χ1) is 13.4. The Morgan fingerprint density at radius 3 is 1.63 bits per heavy atom. The normalized spacial score (nSPS) is 39.0. The molecular formula is C23H26N2O2. The van der Waals surface area contributed by atoms with Crippen LogP contribution >= 0.6 is 0 Å². The van der Waals surface area contributed by atoms with Crippen molar-refractivity contribution in [2.75, 3.05) is 13.2 Å². The summed E-state index contributed by atoms with van der Waals surface area (Å²) < 4.78 is 13.4. The molecule has 0 amide bonds. The minimum atomic E-state index is -0.725. The van der Waals surface area contributed by atoms with E-state index in [1.807, 2.05) is 0 Å². The Hall–Kier alpha value is -1.72. The van der Waals surface area contributed by atoms with Gasteiger partial charge < -0.3 is 9.47 Å². The van der Waals surface area contributed by atoms with Crippen LogP contribution < -0.4 is 10.9 Å². The second-order valence-electron chi connectivity index (χ2n) is 8.41.